The summed E-state index contributed by atoms with van der Waals surface area (Å²) in [5, 5.41) is 10.4. The molecule has 0 aromatic carbocycles. The molecule has 0 unspecified atom stereocenters. The van der Waals surface area contributed by atoms with Crippen LogP contribution in [0.4, 0.5) is 10.2 Å². The van der Waals surface area contributed by atoms with Crippen molar-refractivity contribution in [3.8, 4) is 0 Å². The number of ether oxygens (including phenoxy) is 1. The van der Waals surface area contributed by atoms with Crippen LogP contribution in [0.2, 0.25) is 0 Å². The standard InChI is InChI=1S/C13H20FN3O2/c1-3-10-11(14)12(16-9-15-10)17(2)8-13(18)4-6-19-7-5-13/h9,18H,3-8H2,1-2H3. The van der Waals surface area contributed by atoms with E-state index in [4.69, 9.17) is 4.74 Å². The molecule has 5 nitrogen and oxygen atoms in total. The minimum Gasteiger partial charge on any atom is -0.388 e. The van der Waals surface area contributed by atoms with Crippen LogP contribution >= 0.6 is 0 Å². The number of hydrogen-bond acceptors (Lipinski definition) is 5. The molecule has 0 atom stereocenters. The van der Waals surface area contributed by atoms with E-state index >= 15 is 0 Å². The third kappa shape index (κ3) is 3.19. The molecule has 0 spiro atoms. The second-order valence-electron chi connectivity index (χ2n) is 5.00. The van der Waals surface area contributed by atoms with Crippen molar-refractivity contribution in [2.24, 2.45) is 0 Å². The summed E-state index contributed by atoms with van der Waals surface area (Å²) in [5.74, 6) is -0.157. The molecule has 1 aliphatic rings. The van der Waals surface area contributed by atoms with Gasteiger partial charge in [-0.2, -0.15) is 0 Å². The lowest BCUT2D eigenvalue weighted by atomic mass is 9.94. The molecular formula is C13H20FN3O2. The van der Waals surface area contributed by atoms with Gasteiger partial charge >= 0.3 is 0 Å². The Balaban J connectivity index is 2.13. The van der Waals surface area contributed by atoms with Crippen LogP contribution in [0.5, 0.6) is 0 Å². The van der Waals surface area contributed by atoms with Crippen molar-refractivity contribution < 1.29 is 14.2 Å². The highest BCUT2D eigenvalue weighted by atomic mass is 19.1. The third-order valence-electron chi connectivity index (χ3n) is 3.49. The Morgan fingerprint density at radius 2 is 2.11 bits per heavy atom. The smallest absolute Gasteiger partial charge is 0.187 e. The van der Waals surface area contributed by atoms with Crippen LogP contribution in [-0.2, 0) is 11.2 Å². The quantitative estimate of drug-likeness (QED) is 0.888. The van der Waals surface area contributed by atoms with Gasteiger partial charge in [0.05, 0.1) is 11.3 Å². The van der Waals surface area contributed by atoms with Crippen molar-refractivity contribution in [3.63, 3.8) is 0 Å². The Kier molecular flexibility index (Phi) is 4.31. The molecule has 0 aliphatic carbocycles. The average molecular weight is 269 g/mol. The molecule has 19 heavy (non-hydrogen) atoms. The van der Waals surface area contributed by atoms with Crippen LogP contribution in [0.1, 0.15) is 25.5 Å². The first-order valence-electron chi connectivity index (χ1n) is 6.56. The largest absolute Gasteiger partial charge is 0.388 e. The maximum absolute atomic E-state index is 14.1. The van der Waals surface area contributed by atoms with Crippen molar-refractivity contribution in [2.75, 3.05) is 31.7 Å². The van der Waals surface area contributed by atoms with Crippen molar-refractivity contribution in [3.05, 3.63) is 17.8 Å². The van der Waals surface area contributed by atoms with E-state index in [0.29, 0.717) is 44.7 Å². The average Bonchev–Trinajstić information content (AvgIpc) is 2.39. The zero-order valence-electron chi connectivity index (χ0n) is 11.4. The van der Waals surface area contributed by atoms with Gasteiger partial charge in [-0.15, -0.1) is 0 Å². The molecule has 0 bridgehead atoms. The second kappa shape index (κ2) is 5.79. The molecule has 2 rings (SSSR count). The lowest BCUT2D eigenvalue weighted by Gasteiger charge is -2.35. The number of aromatic nitrogens is 2. The van der Waals surface area contributed by atoms with Crippen LogP contribution < -0.4 is 4.90 Å². The van der Waals surface area contributed by atoms with Gasteiger partial charge in [0.25, 0.3) is 0 Å². The summed E-state index contributed by atoms with van der Waals surface area (Å²) in [5.41, 5.74) is -0.438. The lowest BCUT2D eigenvalue weighted by molar-refractivity contribution is -0.0573. The minimum atomic E-state index is -0.837. The topological polar surface area (TPSA) is 58.5 Å². The van der Waals surface area contributed by atoms with E-state index in [1.54, 1.807) is 11.9 Å². The first-order chi connectivity index (χ1) is 9.06. The zero-order chi connectivity index (χ0) is 13.9. The summed E-state index contributed by atoms with van der Waals surface area (Å²) in [6.45, 7) is 3.27. The molecule has 1 aromatic rings. The van der Waals surface area contributed by atoms with Gasteiger partial charge in [-0.1, -0.05) is 6.92 Å². The van der Waals surface area contributed by atoms with Crippen LogP contribution in [0.3, 0.4) is 0 Å². The Labute approximate surface area is 112 Å². The Hall–Kier alpha value is -1.27. The first-order valence-corrected chi connectivity index (χ1v) is 6.56. The summed E-state index contributed by atoms with van der Waals surface area (Å²) in [4.78, 5) is 9.54. The normalized spacial score (nSPS) is 18.3. The summed E-state index contributed by atoms with van der Waals surface area (Å²) in [7, 11) is 1.73. The number of aliphatic hydroxyl groups is 1. The first kappa shape index (κ1) is 14.1. The fraction of sp³-hybridized carbons (Fsp3) is 0.692. The number of halogens is 1. The van der Waals surface area contributed by atoms with Crippen molar-refractivity contribution >= 4 is 5.82 Å². The molecule has 1 aliphatic heterocycles. The van der Waals surface area contributed by atoms with E-state index < -0.39 is 11.4 Å². The van der Waals surface area contributed by atoms with Crippen LogP contribution in [0, 0.1) is 5.82 Å². The summed E-state index contributed by atoms with van der Waals surface area (Å²) >= 11 is 0. The Morgan fingerprint density at radius 1 is 1.42 bits per heavy atom. The number of likely N-dealkylation sites (N-methyl/N-ethyl adjacent to an activating group) is 1. The highest BCUT2D eigenvalue weighted by Gasteiger charge is 2.32. The van der Waals surface area contributed by atoms with Crippen molar-refractivity contribution in [2.45, 2.75) is 31.8 Å². The molecule has 1 saturated heterocycles. The zero-order valence-corrected chi connectivity index (χ0v) is 11.4. The predicted octanol–water partition coefficient (Wildman–Crippen LogP) is 1.16. The number of hydrogen-bond donors (Lipinski definition) is 1. The van der Waals surface area contributed by atoms with Gasteiger partial charge in [0.15, 0.2) is 11.6 Å². The van der Waals surface area contributed by atoms with E-state index in [1.807, 2.05) is 6.92 Å². The van der Waals surface area contributed by atoms with Crippen LogP contribution in [0.15, 0.2) is 6.33 Å². The Bertz CT molecular complexity index is 436. The van der Waals surface area contributed by atoms with Gasteiger partial charge in [-0.25, -0.2) is 14.4 Å². The minimum absolute atomic E-state index is 0.242. The molecule has 0 saturated carbocycles. The maximum atomic E-state index is 14.1. The van der Waals surface area contributed by atoms with Crippen molar-refractivity contribution in [1.29, 1.82) is 0 Å². The number of rotatable bonds is 4. The maximum Gasteiger partial charge on any atom is 0.187 e. The molecule has 1 N–H and O–H groups in total. The molecular weight excluding hydrogens is 249 g/mol. The van der Waals surface area contributed by atoms with Crippen LogP contribution in [-0.4, -0.2) is 47.5 Å². The number of nitrogens with zero attached hydrogens (tertiary/aromatic N) is 3. The highest BCUT2D eigenvalue weighted by molar-refractivity contribution is 5.40. The predicted molar refractivity (Wildman–Crippen MR) is 69.6 cm³/mol. The second-order valence-corrected chi connectivity index (χ2v) is 5.00. The van der Waals surface area contributed by atoms with Crippen LogP contribution in [0.25, 0.3) is 0 Å². The van der Waals surface area contributed by atoms with E-state index in [1.165, 1.54) is 6.33 Å². The number of anilines is 1. The molecule has 2 heterocycles. The molecule has 0 amide bonds. The molecule has 0 radical (unpaired) electrons. The van der Waals surface area contributed by atoms with Gasteiger partial charge in [-0.3, -0.25) is 0 Å². The fourth-order valence-corrected chi connectivity index (χ4v) is 2.33. The third-order valence-corrected chi connectivity index (χ3v) is 3.49. The van der Waals surface area contributed by atoms with Gasteiger partial charge in [0.1, 0.15) is 6.33 Å². The van der Waals surface area contributed by atoms with Gasteiger partial charge in [0, 0.05) is 39.6 Å². The van der Waals surface area contributed by atoms with Crippen molar-refractivity contribution in [1.82, 2.24) is 9.97 Å². The molecule has 1 fully saturated rings. The number of aryl methyl sites for hydroxylation is 1. The van der Waals surface area contributed by atoms with E-state index in [-0.39, 0.29) is 5.82 Å². The Morgan fingerprint density at radius 3 is 2.74 bits per heavy atom. The molecule has 1 aromatic heterocycles. The monoisotopic (exact) mass is 269 g/mol. The summed E-state index contributed by atoms with van der Waals surface area (Å²) < 4.78 is 19.4. The lowest BCUT2D eigenvalue weighted by Crippen LogP contribution is -2.46. The SMILES string of the molecule is CCc1ncnc(N(C)CC2(O)CCOCC2)c1F. The van der Waals surface area contributed by atoms with Gasteiger partial charge < -0.3 is 14.7 Å². The molecule has 6 heteroatoms. The van der Waals surface area contributed by atoms with Gasteiger partial charge in [-0.05, 0) is 6.42 Å². The molecule has 106 valence electrons. The highest BCUT2D eigenvalue weighted by Crippen LogP contribution is 2.24. The van der Waals surface area contributed by atoms with E-state index in [2.05, 4.69) is 9.97 Å². The summed E-state index contributed by atoms with van der Waals surface area (Å²) in [6.07, 6.45) is 3.00. The van der Waals surface area contributed by atoms with Gasteiger partial charge in [0.2, 0.25) is 0 Å². The fourth-order valence-electron chi connectivity index (χ4n) is 2.33. The summed E-state index contributed by atoms with van der Waals surface area (Å²) in [6, 6.07) is 0. The van der Waals surface area contributed by atoms with E-state index in [9.17, 15) is 9.50 Å². The van der Waals surface area contributed by atoms with E-state index in [0.717, 1.165) is 0 Å².